The fourth-order valence-corrected chi connectivity index (χ4v) is 7.42. The molecule has 10 nitrogen and oxygen atoms in total. The molecule has 0 saturated heterocycles. The molecule has 3 aromatic heterocycles. The van der Waals surface area contributed by atoms with E-state index in [1.807, 2.05) is 84.9 Å². The van der Waals surface area contributed by atoms with Crippen LogP contribution in [0.5, 0.6) is 23.1 Å². The van der Waals surface area contributed by atoms with E-state index in [-0.39, 0.29) is 22.4 Å². The molecule has 0 aliphatic heterocycles. The number of nitrogens with zero attached hydrogens (tertiary/aromatic N) is 5. The normalized spacial score (nSPS) is 11.6. The molecule has 0 aliphatic rings. The maximum absolute atomic E-state index is 11.0. The minimum atomic E-state index is -1.85. The maximum atomic E-state index is 11.0. The van der Waals surface area contributed by atoms with E-state index in [0.29, 0.717) is 42.1 Å². The molecule has 304 valence electrons. The zero-order valence-electron chi connectivity index (χ0n) is 34.5. The van der Waals surface area contributed by atoms with Gasteiger partial charge in [0.05, 0.1) is 29.0 Å². The minimum Gasteiger partial charge on any atom is -0.544 e. The van der Waals surface area contributed by atoms with Gasteiger partial charge in [-0.1, -0.05) is 93.6 Å². The number of nitrogen functional groups attached to an aromatic ring is 1. The second-order valence-electron chi connectivity index (χ2n) is 16.3. The van der Waals surface area contributed by atoms with Crippen molar-refractivity contribution in [2.24, 2.45) is 0 Å². The van der Waals surface area contributed by atoms with Gasteiger partial charge < -0.3 is 25.5 Å². The molecule has 0 fully saturated rings. The number of nitrogens with two attached hydrogens (primary N) is 1. The van der Waals surface area contributed by atoms with Crippen LogP contribution >= 0.6 is 0 Å². The van der Waals surface area contributed by atoms with Crippen molar-refractivity contribution >= 4 is 19.8 Å². The highest BCUT2D eigenvalue weighted by molar-refractivity contribution is 6.74. The third kappa shape index (κ3) is 9.82. The molecule has 60 heavy (non-hydrogen) atoms. The van der Waals surface area contributed by atoms with E-state index < -0.39 is 8.32 Å². The summed E-state index contributed by atoms with van der Waals surface area (Å²) in [7, 11) is -1.85. The summed E-state index contributed by atoms with van der Waals surface area (Å²) < 4.78 is 8.03. The molecule has 8 aromatic rings. The van der Waals surface area contributed by atoms with Crippen LogP contribution in [0.4, 0.5) is 5.82 Å². The number of imidazole rings is 1. The number of anilines is 1. The van der Waals surface area contributed by atoms with Crippen LogP contribution in [0.15, 0.2) is 146 Å². The molecule has 0 aliphatic carbocycles. The molecular formula is C49H50N6O4Si. The van der Waals surface area contributed by atoms with Crippen molar-refractivity contribution in [3.63, 3.8) is 0 Å². The molecule has 3 heterocycles. The van der Waals surface area contributed by atoms with Crippen LogP contribution in [0.3, 0.4) is 0 Å². The second-order valence-corrected chi connectivity index (χ2v) is 21.1. The summed E-state index contributed by atoms with van der Waals surface area (Å²) in [5, 5.41) is 30.3. The largest absolute Gasteiger partial charge is 0.544 e. The lowest BCUT2D eigenvalue weighted by atomic mass is 10.1. The molecule has 0 spiro atoms. The zero-order valence-corrected chi connectivity index (χ0v) is 35.5. The van der Waals surface area contributed by atoms with E-state index in [9.17, 15) is 15.3 Å². The molecule has 0 saturated carbocycles. The quantitative estimate of drug-likeness (QED) is 0.0989. The Morgan fingerprint density at radius 3 is 1.65 bits per heavy atom. The van der Waals surface area contributed by atoms with E-state index in [1.54, 1.807) is 53.2 Å². The first kappa shape index (κ1) is 41.2. The maximum Gasteiger partial charge on any atom is 0.250 e. The zero-order chi connectivity index (χ0) is 42.4. The Morgan fingerprint density at radius 2 is 1.07 bits per heavy atom. The van der Waals surface area contributed by atoms with Crippen molar-refractivity contribution in [2.75, 3.05) is 5.73 Å². The Labute approximate surface area is 351 Å². The van der Waals surface area contributed by atoms with Crippen LogP contribution in [-0.4, -0.2) is 48.0 Å². The SMILES string of the molecule is CC(C)(C)[Si](C)(C)Oc1ccc(-c2cnc(N)c(Cc3ccccc3)n2)cc1.Oc1ccc(Cc2nc3c(Cc4ccccc4)nc(-c4ccc(O)cc4)cn3c2O)cc1. The highest BCUT2D eigenvalue weighted by Gasteiger charge is 2.39. The van der Waals surface area contributed by atoms with Crippen molar-refractivity contribution in [2.45, 2.75) is 58.2 Å². The smallest absolute Gasteiger partial charge is 0.250 e. The highest BCUT2D eigenvalue weighted by atomic mass is 28.4. The molecule has 0 atom stereocenters. The summed E-state index contributed by atoms with van der Waals surface area (Å²) in [6.07, 6.45) is 5.14. The highest BCUT2D eigenvalue weighted by Crippen LogP contribution is 2.38. The predicted octanol–water partition coefficient (Wildman–Crippen LogP) is 10.4. The van der Waals surface area contributed by atoms with Crippen molar-refractivity contribution in [1.82, 2.24) is 24.3 Å². The van der Waals surface area contributed by atoms with Crippen LogP contribution in [0.2, 0.25) is 18.1 Å². The van der Waals surface area contributed by atoms with Crippen LogP contribution in [0.1, 0.15) is 54.5 Å². The molecule has 5 aromatic carbocycles. The van der Waals surface area contributed by atoms with Gasteiger partial charge in [-0.3, -0.25) is 4.40 Å². The molecule has 0 radical (unpaired) electrons. The number of rotatable bonds is 10. The number of hydrogen-bond acceptors (Lipinski definition) is 9. The van der Waals surface area contributed by atoms with E-state index in [1.165, 1.54) is 5.56 Å². The van der Waals surface area contributed by atoms with Gasteiger partial charge in [-0.2, -0.15) is 0 Å². The van der Waals surface area contributed by atoms with E-state index in [0.717, 1.165) is 45.1 Å². The van der Waals surface area contributed by atoms with Gasteiger partial charge in [0.25, 0.3) is 0 Å². The second kappa shape index (κ2) is 17.5. The lowest BCUT2D eigenvalue weighted by Crippen LogP contribution is -2.43. The molecular weight excluding hydrogens is 765 g/mol. The molecule has 11 heteroatoms. The van der Waals surface area contributed by atoms with Crippen LogP contribution < -0.4 is 10.2 Å². The van der Waals surface area contributed by atoms with Crippen LogP contribution in [0.25, 0.3) is 28.2 Å². The predicted molar refractivity (Wildman–Crippen MR) is 241 cm³/mol. The fourth-order valence-electron chi connectivity index (χ4n) is 6.38. The number of phenolic OH excluding ortho intramolecular Hbond substituents is 2. The summed E-state index contributed by atoms with van der Waals surface area (Å²) >= 11 is 0. The summed E-state index contributed by atoms with van der Waals surface area (Å²) in [6, 6.07) is 42.0. The van der Waals surface area contributed by atoms with Gasteiger partial charge in [-0.05, 0) is 95.5 Å². The number of aromatic hydroxyl groups is 3. The monoisotopic (exact) mass is 814 g/mol. The van der Waals surface area contributed by atoms with Gasteiger partial charge in [0, 0.05) is 36.6 Å². The molecule has 0 bridgehead atoms. The molecule has 8 rings (SSSR count). The van der Waals surface area contributed by atoms with Crippen molar-refractivity contribution in [1.29, 1.82) is 0 Å². The number of benzene rings is 5. The van der Waals surface area contributed by atoms with Gasteiger partial charge in [-0.15, -0.1) is 0 Å². The van der Waals surface area contributed by atoms with Crippen molar-refractivity contribution < 1.29 is 19.7 Å². The van der Waals surface area contributed by atoms with Gasteiger partial charge in [-0.25, -0.2) is 19.9 Å². The van der Waals surface area contributed by atoms with Gasteiger partial charge in [0.2, 0.25) is 14.2 Å². The van der Waals surface area contributed by atoms with Gasteiger partial charge in [0.15, 0.2) is 5.65 Å². The first-order valence-electron chi connectivity index (χ1n) is 19.9. The Kier molecular flexibility index (Phi) is 12.0. The van der Waals surface area contributed by atoms with Gasteiger partial charge >= 0.3 is 0 Å². The Morgan fingerprint density at radius 1 is 0.583 bits per heavy atom. The van der Waals surface area contributed by atoms with E-state index in [2.05, 4.69) is 51.0 Å². The summed E-state index contributed by atoms with van der Waals surface area (Å²) in [4.78, 5) is 18.7. The van der Waals surface area contributed by atoms with Crippen LogP contribution in [0, 0.1) is 0 Å². The number of hydrogen-bond donors (Lipinski definition) is 4. The van der Waals surface area contributed by atoms with E-state index in [4.69, 9.17) is 25.1 Å². The molecule has 0 amide bonds. The lowest BCUT2D eigenvalue weighted by Gasteiger charge is -2.36. The molecule has 0 unspecified atom stereocenters. The fraction of sp³-hybridized carbons (Fsp3) is 0.184. The Hall–Kier alpha value is -6.98. The summed E-state index contributed by atoms with van der Waals surface area (Å²) in [5.74, 6) is 1.82. The van der Waals surface area contributed by atoms with E-state index >= 15 is 0 Å². The van der Waals surface area contributed by atoms with Crippen molar-refractivity contribution in [3.05, 3.63) is 180 Å². The third-order valence-electron chi connectivity index (χ3n) is 10.8. The topological polar surface area (TPSA) is 152 Å². The standard InChI is InChI=1S/C26H21N3O3.C23H29N3OSi/c30-20-10-6-18(7-11-20)15-23-26(32)29-16-24(19-8-12-21(31)13-9-19)27-22(25(29)28-23)14-17-4-2-1-3-5-17;1-23(2,3)28(4,5)27-19-13-11-18(12-14-19)21-16-25-22(24)20(26-21)15-17-9-7-6-8-10-17/h1-13,16,30-32H,14-15H2;6-14,16H,15H2,1-5H3,(H2,24,25). The summed E-state index contributed by atoms with van der Waals surface area (Å²) in [6.45, 7) is 11.2. The average molecular weight is 815 g/mol. The Balaban J connectivity index is 0.000000183. The first-order valence-corrected chi connectivity index (χ1v) is 22.8. The Bertz CT molecular complexity index is 2680. The van der Waals surface area contributed by atoms with Crippen LogP contribution in [-0.2, 0) is 19.3 Å². The number of fused-ring (bicyclic) bond motifs is 1. The minimum absolute atomic E-state index is 0.0600. The van der Waals surface area contributed by atoms with Gasteiger partial charge in [0.1, 0.15) is 28.8 Å². The third-order valence-corrected chi connectivity index (χ3v) is 15.2. The number of aromatic nitrogens is 5. The molecule has 5 N–H and O–H groups in total. The average Bonchev–Trinajstić information content (AvgIpc) is 3.55. The first-order chi connectivity index (χ1) is 28.7. The summed E-state index contributed by atoms with van der Waals surface area (Å²) in [5.41, 5.74) is 15.2. The lowest BCUT2D eigenvalue weighted by molar-refractivity contribution is 0.442. The number of phenols is 2. The van der Waals surface area contributed by atoms with Crippen molar-refractivity contribution in [3.8, 4) is 45.6 Å².